The molecular weight excluding hydrogens is 479 g/mol. The average Bonchev–Trinajstić information content (AvgIpc) is 2.57. The molecule has 0 spiro atoms. The van der Waals surface area contributed by atoms with Crippen molar-refractivity contribution in [1.29, 1.82) is 0 Å². The number of halogens is 1. The van der Waals surface area contributed by atoms with Gasteiger partial charge in [-0.1, -0.05) is 0 Å². The van der Waals surface area contributed by atoms with Crippen molar-refractivity contribution >= 4 is 43.6 Å². The van der Waals surface area contributed by atoms with Crippen LogP contribution in [0.5, 0.6) is 0 Å². The van der Waals surface area contributed by atoms with Crippen LogP contribution in [0.25, 0.3) is 0 Å². The molecule has 0 aromatic heterocycles. The number of benzene rings is 3. The number of hydrogen-bond donors (Lipinski definition) is 0. The summed E-state index contributed by atoms with van der Waals surface area (Å²) < 4.78 is 6.04. The molecule has 0 heterocycles. The van der Waals surface area contributed by atoms with E-state index in [1.54, 1.807) is 13.1 Å². The second kappa shape index (κ2) is 8.44. The van der Waals surface area contributed by atoms with Gasteiger partial charge in [0.15, 0.2) is 0 Å². The third kappa shape index (κ3) is 4.14. The van der Waals surface area contributed by atoms with Gasteiger partial charge in [-0.15, -0.1) is 0 Å². The molecule has 0 N–H and O–H groups in total. The molecule has 0 aliphatic heterocycles. The fourth-order valence-electron chi connectivity index (χ4n) is 4.88. The monoisotopic (exact) mass is 510 g/mol. The second-order valence-electron chi connectivity index (χ2n) is 8.63. The van der Waals surface area contributed by atoms with Crippen LogP contribution >= 0.6 is 15.9 Å². The molecule has 3 aromatic rings. The molecule has 0 unspecified atom stereocenters. The maximum absolute atomic E-state index is 3.90. The zero-order valence-electron chi connectivity index (χ0n) is 19.2. The third-order valence-corrected chi connectivity index (χ3v) is 14.2. The molecule has 0 aliphatic rings. The van der Waals surface area contributed by atoms with Gasteiger partial charge in [-0.25, -0.2) is 0 Å². The molecule has 0 amide bonds. The summed E-state index contributed by atoms with van der Waals surface area (Å²) >= 11 is 2.14. The molecule has 0 saturated heterocycles. The molecule has 0 radical (unpaired) electrons. The van der Waals surface area contributed by atoms with E-state index in [0.29, 0.717) is 0 Å². The molecule has 0 bridgehead atoms. The van der Waals surface area contributed by atoms with E-state index in [9.17, 15) is 0 Å². The standard InChI is InChI=1S/C27H32AsBr/c1-15-10-17(3)24(18(4)11-15)28(25-19(5)12-16(2)13-20(25)6)26-21(7)14-22(8)27(29)23(26)9/h10-14H,1-9H3. The van der Waals surface area contributed by atoms with Gasteiger partial charge >= 0.3 is 191 Å². The predicted molar refractivity (Wildman–Crippen MR) is 134 cm³/mol. The molecule has 29 heavy (non-hydrogen) atoms. The quantitative estimate of drug-likeness (QED) is 0.394. The maximum atomic E-state index is 3.90. The Labute approximate surface area is 190 Å². The summed E-state index contributed by atoms with van der Waals surface area (Å²) in [6.45, 7) is 20.5. The van der Waals surface area contributed by atoms with Gasteiger partial charge in [0.1, 0.15) is 0 Å². The van der Waals surface area contributed by atoms with E-state index in [1.807, 2.05) is 0 Å². The molecule has 0 fully saturated rings. The Bertz CT molecular complexity index is 1000. The fourth-order valence-corrected chi connectivity index (χ4v) is 12.3. The van der Waals surface area contributed by atoms with Crippen LogP contribution in [0.3, 0.4) is 0 Å². The molecule has 2 heteroatoms. The van der Waals surface area contributed by atoms with Crippen LogP contribution in [0.1, 0.15) is 50.1 Å². The van der Waals surface area contributed by atoms with E-state index in [1.165, 1.54) is 54.5 Å². The Kier molecular flexibility index (Phi) is 6.52. The van der Waals surface area contributed by atoms with Gasteiger partial charge in [0.25, 0.3) is 0 Å². The van der Waals surface area contributed by atoms with Gasteiger partial charge in [0.2, 0.25) is 0 Å². The summed E-state index contributed by atoms with van der Waals surface area (Å²) in [5, 5.41) is 0. The molecule has 3 aromatic carbocycles. The van der Waals surface area contributed by atoms with Crippen LogP contribution in [0.2, 0.25) is 0 Å². The Morgan fingerprint density at radius 2 is 0.828 bits per heavy atom. The molecule has 0 saturated carbocycles. The van der Waals surface area contributed by atoms with Crippen molar-refractivity contribution in [2.24, 2.45) is 0 Å². The zero-order valence-corrected chi connectivity index (χ0v) is 22.7. The van der Waals surface area contributed by atoms with E-state index < -0.39 is 14.7 Å². The predicted octanol–water partition coefficient (Wildman–Crippen LogP) is 5.74. The van der Waals surface area contributed by atoms with Crippen molar-refractivity contribution in [3.05, 3.63) is 84.9 Å². The number of rotatable bonds is 3. The van der Waals surface area contributed by atoms with Crippen molar-refractivity contribution in [1.82, 2.24) is 0 Å². The molecule has 152 valence electrons. The van der Waals surface area contributed by atoms with Gasteiger partial charge in [-0.05, 0) is 0 Å². The van der Waals surface area contributed by atoms with E-state index in [-0.39, 0.29) is 0 Å². The van der Waals surface area contributed by atoms with Gasteiger partial charge in [0.05, 0.1) is 0 Å². The Hall–Kier alpha value is -1.30. The van der Waals surface area contributed by atoms with Crippen molar-refractivity contribution < 1.29 is 0 Å². The van der Waals surface area contributed by atoms with Crippen LogP contribution in [-0.4, -0.2) is 14.7 Å². The summed E-state index contributed by atoms with van der Waals surface area (Å²) in [4.78, 5) is 0. The van der Waals surface area contributed by atoms with E-state index in [2.05, 4.69) is 109 Å². The van der Waals surface area contributed by atoms with Crippen LogP contribution in [0.15, 0.2) is 34.8 Å². The first-order valence-corrected chi connectivity index (χ1v) is 13.9. The first-order chi connectivity index (χ1) is 13.5. The van der Waals surface area contributed by atoms with E-state index in [4.69, 9.17) is 0 Å². The van der Waals surface area contributed by atoms with Crippen LogP contribution in [0.4, 0.5) is 0 Å². The SMILES string of the molecule is Cc1cc(C)c([As](c2c(C)cc(C)cc2C)c2c(C)cc(C)c(Br)c2C)c(C)c1. The average molecular weight is 511 g/mol. The molecule has 0 atom stereocenters. The number of hydrogen-bond acceptors (Lipinski definition) is 0. The van der Waals surface area contributed by atoms with Crippen LogP contribution in [0, 0.1) is 62.3 Å². The van der Waals surface area contributed by atoms with Crippen molar-refractivity contribution in [3.63, 3.8) is 0 Å². The van der Waals surface area contributed by atoms with E-state index in [0.717, 1.165) is 0 Å². The number of aryl methyl sites for hydroxylation is 8. The first-order valence-electron chi connectivity index (χ1n) is 10.2. The second-order valence-corrected chi connectivity index (χ2v) is 13.6. The van der Waals surface area contributed by atoms with Crippen LogP contribution in [-0.2, 0) is 0 Å². The van der Waals surface area contributed by atoms with Crippen molar-refractivity contribution in [3.8, 4) is 0 Å². The zero-order chi connectivity index (χ0) is 21.6. The normalized spacial score (nSPS) is 11.4. The Morgan fingerprint density at radius 3 is 1.21 bits per heavy atom. The Balaban J connectivity index is 2.48. The minimum absolute atomic E-state index is 1.27. The van der Waals surface area contributed by atoms with Gasteiger partial charge in [-0.3, -0.25) is 0 Å². The minimum atomic E-state index is -1.76. The summed E-state index contributed by atoms with van der Waals surface area (Å²) in [6.07, 6.45) is 0. The molecule has 0 nitrogen and oxygen atoms in total. The van der Waals surface area contributed by atoms with Gasteiger partial charge in [0, 0.05) is 0 Å². The molecule has 0 aliphatic carbocycles. The van der Waals surface area contributed by atoms with E-state index >= 15 is 0 Å². The van der Waals surface area contributed by atoms with Gasteiger partial charge < -0.3 is 0 Å². The topological polar surface area (TPSA) is 0 Å². The molecule has 3 rings (SSSR count). The summed E-state index contributed by atoms with van der Waals surface area (Å²) in [6, 6.07) is 11.9. The summed E-state index contributed by atoms with van der Waals surface area (Å²) in [7, 11) is 0. The van der Waals surface area contributed by atoms with Crippen molar-refractivity contribution in [2.45, 2.75) is 62.3 Å². The fraction of sp³-hybridized carbons (Fsp3) is 0.333. The van der Waals surface area contributed by atoms with Crippen molar-refractivity contribution in [2.75, 3.05) is 0 Å². The third-order valence-electron chi connectivity index (χ3n) is 5.78. The molecular formula is C27H32AsBr. The summed E-state index contributed by atoms with van der Waals surface area (Å²) in [5.41, 5.74) is 12.7. The van der Waals surface area contributed by atoms with Crippen LogP contribution < -0.4 is 13.1 Å². The van der Waals surface area contributed by atoms with Gasteiger partial charge in [-0.2, -0.15) is 0 Å². The summed E-state index contributed by atoms with van der Waals surface area (Å²) in [5.74, 6) is 0. The Morgan fingerprint density at radius 1 is 0.483 bits per heavy atom. The first kappa shape index (κ1) is 22.4.